The molecular formula is C22H21ClN4O2. The highest BCUT2D eigenvalue weighted by Crippen LogP contribution is 2.40. The molecule has 0 unspecified atom stereocenters. The summed E-state index contributed by atoms with van der Waals surface area (Å²) in [6.07, 6.45) is 2.36. The number of phenols is 1. The zero-order valence-electron chi connectivity index (χ0n) is 15.7. The van der Waals surface area contributed by atoms with Gasteiger partial charge in [0.15, 0.2) is 0 Å². The Hall–Kier alpha value is -3.09. The predicted molar refractivity (Wildman–Crippen MR) is 117 cm³/mol. The van der Waals surface area contributed by atoms with Crippen LogP contribution >= 0.6 is 11.6 Å². The lowest BCUT2D eigenvalue weighted by atomic mass is 9.97. The molecule has 7 heteroatoms. The van der Waals surface area contributed by atoms with Crippen molar-refractivity contribution in [3.63, 3.8) is 0 Å². The highest BCUT2D eigenvalue weighted by Gasteiger charge is 2.15. The highest BCUT2D eigenvalue weighted by molar-refractivity contribution is 6.33. The molecular weight excluding hydrogens is 388 g/mol. The molecule has 1 saturated heterocycles. The predicted octanol–water partition coefficient (Wildman–Crippen LogP) is 3.75. The standard InChI is InChI=1S/C22H21ClN4O2/c23-19-12-15(4-5-20(19)26-14-28)17-2-1-3-18(22(17)29)16-6-7-25-21(13-16)27-10-8-24-9-11-27/h1-7,12-14,24,29H,8-11H2,(H,26,28). The number of amides is 1. The fourth-order valence-corrected chi connectivity index (χ4v) is 3.76. The van der Waals surface area contributed by atoms with Crippen LogP contribution in [-0.2, 0) is 4.79 Å². The van der Waals surface area contributed by atoms with Crippen LogP contribution in [0.2, 0.25) is 5.02 Å². The number of nitrogens with zero attached hydrogens (tertiary/aromatic N) is 2. The maximum Gasteiger partial charge on any atom is 0.211 e. The van der Waals surface area contributed by atoms with Crippen LogP contribution in [0.5, 0.6) is 5.75 Å². The second-order valence-corrected chi connectivity index (χ2v) is 7.21. The van der Waals surface area contributed by atoms with Crippen molar-refractivity contribution in [3.05, 3.63) is 59.8 Å². The number of anilines is 2. The Bertz CT molecular complexity index is 1040. The summed E-state index contributed by atoms with van der Waals surface area (Å²) in [7, 11) is 0. The molecule has 0 radical (unpaired) electrons. The van der Waals surface area contributed by atoms with Crippen LogP contribution in [0.15, 0.2) is 54.7 Å². The molecule has 3 N–H and O–H groups in total. The molecule has 6 nitrogen and oxygen atoms in total. The highest BCUT2D eigenvalue weighted by atomic mass is 35.5. The number of nitrogens with one attached hydrogen (secondary N) is 2. The van der Waals surface area contributed by atoms with Gasteiger partial charge in [0.05, 0.1) is 10.7 Å². The molecule has 1 amide bonds. The van der Waals surface area contributed by atoms with Crippen LogP contribution in [0.1, 0.15) is 0 Å². The fourth-order valence-electron chi connectivity index (χ4n) is 3.53. The van der Waals surface area contributed by atoms with Crippen molar-refractivity contribution >= 4 is 29.5 Å². The Morgan fingerprint density at radius 1 is 1.07 bits per heavy atom. The van der Waals surface area contributed by atoms with Crippen molar-refractivity contribution in [1.82, 2.24) is 10.3 Å². The first kappa shape index (κ1) is 19.2. The number of carbonyl (C=O) groups is 1. The lowest BCUT2D eigenvalue weighted by molar-refractivity contribution is -0.105. The Labute approximate surface area is 174 Å². The third-order valence-corrected chi connectivity index (χ3v) is 5.34. The molecule has 29 heavy (non-hydrogen) atoms. The van der Waals surface area contributed by atoms with Crippen molar-refractivity contribution in [2.75, 3.05) is 36.4 Å². The number of aromatic nitrogens is 1. The molecule has 1 fully saturated rings. The van der Waals surface area contributed by atoms with Gasteiger partial charge in [-0.3, -0.25) is 4.79 Å². The van der Waals surface area contributed by atoms with Gasteiger partial charge in [-0.25, -0.2) is 4.98 Å². The summed E-state index contributed by atoms with van der Waals surface area (Å²) < 4.78 is 0. The third kappa shape index (κ3) is 4.04. The summed E-state index contributed by atoms with van der Waals surface area (Å²) in [4.78, 5) is 17.4. The van der Waals surface area contributed by atoms with Gasteiger partial charge in [0.1, 0.15) is 11.6 Å². The SMILES string of the molecule is O=CNc1ccc(-c2cccc(-c3ccnc(N4CCNCC4)c3)c2O)cc1Cl. The first-order valence-corrected chi connectivity index (χ1v) is 9.79. The molecule has 148 valence electrons. The number of benzene rings is 2. The molecule has 0 bridgehead atoms. The van der Waals surface area contributed by atoms with Crippen LogP contribution in [0, 0.1) is 0 Å². The first-order chi connectivity index (χ1) is 14.2. The van der Waals surface area contributed by atoms with Gasteiger partial charge < -0.3 is 20.6 Å². The molecule has 0 aliphatic carbocycles. The number of halogens is 1. The molecule has 2 aromatic carbocycles. The van der Waals surface area contributed by atoms with E-state index in [1.54, 1.807) is 18.3 Å². The average molecular weight is 409 g/mol. The Morgan fingerprint density at radius 3 is 2.48 bits per heavy atom. The largest absolute Gasteiger partial charge is 0.507 e. The Kier molecular flexibility index (Phi) is 5.64. The van der Waals surface area contributed by atoms with Gasteiger partial charge in [-0.05, 0) is 35.4 Å². The third-order valence-electron chi connectivity index (χ3n) is 5.03. The van der Waals surface area contributed by atoms with E-state index in [1.807, 2.05) is 36.4 Å². The van der Waals surface area contributed by atoms with Gasteiger partial charge in [-0.15, -0.1) is 0 Å². The van der Waals surface area contributed by atoms with E-state index in [1.165, 1.54) is 0 Å². The maximum atomic E-state index is 11.0. The van der Waals surface area contributed by atoms with E-state index in [9.17, 15) is 9.90 Å². The van der Waals surface area contributed by atoms with Crippen LogP contribution in [-0.4, -0.2) is 42.7 Å². The molecule has 0 spiro atoms. The minimum atomic E-state index is 0.178. The number of phenolic OH excluding ortho intramolecular Hbond substituents is 1. The fraction of sp³-hybridized carbons (Fsp3) is 0.182. The van der Waals surface area contributed by atoms with E-state index in [2.05, 4.69) is 20.5 Å². The molecule has 3 aromatic rings. The molecule has 1 aliphatic heterocycles. The number of hydrogen-bond acceptors (Lipinski definition) is 5. The lowest BCUT2D eigenvalue weighted by Gasteiger charge is -2.28. The molecule has 4 rings (SSSR count). The van der Waals surface area contributed by atoms with E-state index >= 15 is 0 Å². The van der Waals surface area contributed by atoms with E-state index in [-0.39, 0.29) is 5.75 Å². The summed E-state index contributed by atoms with van der Waals surface area (Å²) in [5.41, 5.74) is 3.59. The summed E-state index contributed by atoms with van der Waals surface area (Å²) in [6.45, 7) is 3.68. The van der Waals surface area contributed by atoms with E-state index in [4.69, 9.17) is 11.6 Å². The Balaban J connectivity index is 1.70. The normalized spacial score (nSPS) is 13.9. The van der Waals surface area contributed by atoms with Gasteiger partial charge in [-0.2, -0.15) is 0 Å². The minimum Gasteiger partial charge on any atom is -0.507 e. The summed E-state index contributed by atoms with van der Waals surface area (Å²) in [6, 6.07) is 14.8. The monoisotopic (exact) mass is 408 g/mol. The van der Waals surface area contributed by atoms with Gasteiger partial charge >= 0.3 is 0 Å². The molecule has 1 aliphatic rings. The van der Waals surface area contributed by atoms with Crippen molar-refractivity contribution < 1.29 is 9.90 Å². The molecule has 2 heterocycles. The number of aromatic hydroxyl groups is 1. The average Bonchev–Trinajstić information content (AvgIpc) is 2.76. The maximum absolute atomic E-state index is 11.0. The zero-order chi connectivity index (χ0) is 20.2. The summed E-state index contributed by atoms with van der Waals surface area (Å²) >= 11 is 6.25. The van der Waals surface area contributed by atoms with Gasteiger partial charge in [0.2, 0.25) is 6.41 Å². The van der Waals surface area contributed by atoms with Gasteiger partial charge in [0, 0.05) is 43.5 Å². The van der Waals surface area contributed by atoms with Crippen LogP contribution in [0.3, 0.4) is 0 Å². The van der Waals surface area contributed by atoms with Crippen LogP contribution in [0.4, 0.5) is 11.5 Å². The van der Waals surface area contributed by atoms with Crippen molar-refractivity contribution in [3.8, 4) is 28.0 Å². The van der Waals surface area contributed by atoms with Gasteiger partial charge in [-0.1, -0.05) is 35.9 Å². The van der Waals surface area contributed by atoms with E-state index in [0.29, 0.717) is 22.7 Å². The number of carbonyl (C=O) groups excluding carboxylic acids is 1. The Morgan fingerprint density at radius 2 is 1.79 bits per heavy atom. The quantitative estimate of drug-likeness (QED) is 0.560. The van der Waals surface area contributed by atoms with Crippen molar-refractivity contribution in [2.24, 2.45) is 0 Å². The van der Waals surface area contributed by atoms with Crippen LogP contribution in [0.25, 0.3) is 22.3 Å². The second kappa shape index (κ2) is 8.51. The molecule has 1 aromatic heterocycles. The topological polar surface area (TPSA) is 77.5 Å². The minimum absolute atomic E-state index is 0.178. The lowest BCUT2D eigenvalue weighted by Crippen LogP contribution is -2.43. The number of para-hydroxylation sites is 1. The van der Waals surface area contributed by atoms with Crippen LogP contribution < -0.4 is 15.5 Å². The van der Waals surface area contributed by atoms with Crippen molar-refractivity contribution in [1.29, 1.82) is 0 Å². The first-order valence-electron chi connectivity index (χ1n) is 9.41. The number of hydrogen-bond donors (Lipinski definition) is 3. The van der Waals surface area contributed by atoms with Gasteiger partial charge in [0.25, 0.3) is 0 Å². The number of piperazine rings is 1. The number of pyridine rings is 1. The molecule has 0 atom stereocenters. The second-order valence-electron chi connectivity index (χ2n) is 6.80. The van der Waals surface area contributed by atoms with E-state index < -0.39 is 0 Å². The summed E-state index contributed by atoms with van der Waals surface area (Å²) in [5, 5.41) is 17.3. The molecule has 0 saturated carbocycles. The van der Waals surface area contributed by atoms with E-state index in [0.717, 1.165) is 48.7 Å². The number of rotatable bonds is 5. The van der Waals surface area contributed by atoms with Crippen molar-refractivity contribution in [2.45, 2.75) is 0 Å². The smallest absolute Gasteiger partial charge is 0.211 e. The summed E-state index contributed by atoms with van der Waals surface area (Å²) in [5.74, 6) is 1.08. The zero-order valence-corrected chi connectivity index (χ0v) is 16.5.